The van der Waals surface area contributed by atoms with Gasteiger partial charge in [0.15, 0.2) is 9.84 Å². The van der Waals surface area contributed by atoms with Crippen LogP contribution >= 0.6 is 0 Å². The summed E-state index contributed by atoms with van der Waals surface area (Å²) in [5.41, 5.74) is 0.960. The molecule has 3 rings (SSSR count). The molecular weight excluding hydrogens is 354 g/mol. The number of aromatic nitrogens is 1. The number of ether oxygens (including phenoxy) is 2. The number of rotatable bonds is 5. The van der Waals surface area contributed by atoms with Crippen molar-refractivity contribution < 1.29 is 22.7 Å². The topological polar surface area (TPSA) is 82.6 Å². The van der Waals surface area contributed by atoms with Crippen LogP contribution in [-0.2, 0) is 24.1 Å². The van der Waals surface area contributed by atoms with Gasteiger partial charge >= 0.3 is 5.97 Å². The summed E-state index contributed by atoms with van der Waals surface area (Å²) in [5, 5.41) is -0.0827. The molecule has 1 aromatic heterocycles. The van der Waals surface area contributed by atoms with Gasteiger partial charge in [-0.2, -0.15) is 0 Å². The van der Waals surface area contributed by atoms with Crippen molar-refractivity contribution in [1.29, 1.82) is 0 Å². The molecule has 138 valence electrons. The lowest BCUT2D eigenvalue weighted by Crippen LogP contribution is -2.28. The predicted octanol–water partition coefficient (Wildman–Crippen LogP) is 2.76. The summed E-state index contributed by atoms with van der Waals surface area (Å²) in [6.07, 6.45) is 4.22. The van der Waals surface area contributed by atoms with Gasteiger partial charge in [0.1, 0.15) is 0 Å². The number of carbonyl (C=O) groups is 1. The van der Waals surface area contributed by atoms with Crippen molar-refractivity contribution >= 4 is 32.8 Å². The van der Waals surface area contributed by atoms with Crippen LogP contribution in [-0.4, -0.2) is 43.9 Å². The number of fused-ring (bicyclic) bond motifs is 1. The van der Waals surface area contributed by atoms with Gasteiger partial charge in [-0.15, -0.1) is 0 Å². The van der Waals surface area contributed by atoms with Crippen molar-refractivity contribution in [1.82, 2.24) is 4.98 Å². The highest BCUT2D eigenvalue weighted by Crippen LogP contribution is 2.33. The largest absolute Gasteiger partial charge is 0.463 e. The number of esters is 1. The minimum atomic E-state index is -3.67. The van der Waals surface area contributed by atoms with E-state index in [1.54, 1.807) is 38.1 Å². The Morgan fingerprint density at radius 2 is 2.15 bits per heavy atom. The number of para-hydroxylation sites is 1. The van der Waals surface area contributed by atoms with Crippen molar-refractivity contribution in [2.45, 2.75) is 36.5 Å². The van der Waals surface area contributed by atoms with Crippen molar-refractivity contribution in [2.24, 2.45) is 0 Å². The second-order valence-electron chi connectivity index (χ2n) is 6.09. The van der Waals surface area contributed by atoms with Gasteiger partial charge in [-0.05, 0) is 32.4 Å². The molecule has 1 aliphatic heterocycles. The minimum absolute atomic E-state index is 0.186. The van der Waals surface area contributed by atoms with E-state index in [-0.39, 0.29) is 17.6 Å². The Balaban J connectivity index is 2.17. The molecule has 2 unspecified atom stereocenters. The molecule has 1 aliphatic rings. The fourth-order valence-corrected chi connectivity index (χ4v) is 5.41. The van der Waals surface area contributed by atoms with Gasteiger partial charge in [-0.25, -0.2) is 13.2 Å². The van der Waals surface area contributed by atoms with Gasteiger partial charge in [0.2, 0.25) is 0 Å². The highest BCUT2D eigenvalue weighted by atomic mass is 32.2. The molecule has 0 saturated carbocycles. The zero-order valence-electron chi connectivity index (χ0n) is 14.7. The standard InChI is InChI=1S/C19H21NO5S/c1-3-24-18(21)9-8-14-12-20-16-7-5-4-6-15(16)19(14)26(22,23)17-10-11-25-13(17)2/h4-9,12-13,17H,3,10-11H2,1-2H3. The number of sulfone groups is 1. The number of carbonyl (C=O) groups excluding carboxylic acids is 1. The highest BCUT2D eigenvalue weighted by molar-refractivity contribution is 7.92. The quantitative estimate of drug-likeness (QED) is 0.590. The highest BCUT2D eigenvalue weighted by Gasteiger charge is 2.38. The first-order valence-corrected chi connectivity index (χ1v) is 10.1. The van der Waals surface area contributed by atoms with Crippen LogP contribution < -0.4 is 0 Å². The second kappa shape index (κ2) is 7.55. The van der Waals surface area contributed by atoms with Crippen LogP contribution in [0.25, 0.3) is 17.0 Å². The fraction of sp³-hybridized carbons (Fsp3) is 0.368. The van der Waals surface area contributed by atoms with Gasteiger partial charge in [0, 0.05) is 29.8 Å². The Bertz CT molecular complexity index is 952. The lowest BCUT2D eigenvalue weighted by atomic mass is 10.1. The van der Waals surface area contributed by atoms with Crippen LogP contribution in [0.15, 0.2) is 41.4 Å². The first-order chi connectivity index (χ1) is 12.4. The number of hydrogen-bond acceptors (Lipinski definition) is 6. The molecule has 0 N–H and O–H groups in total. The molecule has 2 atom stereocenters. The van der Waals surface area contributed by atoms with E-state index in [0.29, 0.717) is 29.5 Å². The fourth-order valence-electron chi connectivity index (χ4n) is 3.19. The van der Waals surface area contributed by atoms with Gasteiger partial charge in [0.05, 0.1) is 28.4 Å². The summed E-state index contributed by atoms with van der Waals surface area (Å²) in [5.74, 6) is -0.526. The van der Waals surface area contributed by atoms with Crippen LogP contribution in [0.5, 0.6) is 0 Å². The average Bonchev–Trinajstić information content (AvgIpc) is 3.06. The van der Waals surface area contributed by atoms with Crippen molar-refractivity contribution in [2.75, 3.05) is 13.2 Å². The lowest BCUT2D eigenvalue weighted by molar-refractivity contribution is -0.137. The summed E-state index contributed by atoms with van der Waals surface area (Å²) in [7, 11) is -3.67. The SMILES string of the molecule is CCOC(=O)C=Cc1cnc2ccccc2c1S(=O)(=O)C1CCOC1C. The van der Waals surface area contributed by atoms with Crippen molar-refractivity contribution in [3.63, 3.8) is 0 Å². The van der Waals surface area contributed by atoms with Crippen LogP contribution in [0.1, 0.15) is 25.8 Å². The maximum atomic E-state index is 13.4. The molecule has 1 aromatic carbocycles. The number of pyridine rings is 1. The Kier molecular flexibility index (Phi) is 5.38. The van der Waals surface area contributed by atoms with E-state index in [0.717, 1.165) is 0 Å². The average molecular weight is 375 g/mol. The molecule has 7 heteroatoms. The van der Waals surface area contributed by atoms with Crippen LogP contribution in [0.4, 0.5) is 0 Å². The molecule has 0 radical (unpaired) electrons. The van der Waals surface area contributed by atoms with E-state index in [1.165, 1.54) is 18.3 Å². The Morgan fingerprint density at radius 1 is 1.38 bits per heavy atom. The zero-order chi connectivity index (χ0) is 18.7. The smallest absolute Gasteiger partial charge is 0.330 e. The normalized spacial score (nSPS) is 20.7. The second-order valence-corrected chi connectivity index (χ2v) is 8.20. The summed E-state index contributed by atoms with van der Waals surface area (Å²) in [4.78, 5) is 16.2. The number of benzene rings is 1. The molecular formula is C19H21NO5S. The maximum absolute atomic E-state index is 13.4. The summed E-state index contributed by atoms with van der Waals surface area (Å²) in [6, 6.07) is 7.08. The summed E-state index contributed by atoms with van der Waals surface area (Å²) < 4.78 is 37.1. The van der Waals surface area contributed by atoms with E-state index in [9.17, 15) is 13.2 Å². The predicted molar refractivity (Wildman–Crippen MR) is 98.4 cm³/mol. The zero-order valence-corrected chi connectivity index (χ0v) is 15.5. The lowest BCUT2D eigenvalue weighted by Gasteiger charge is -2.18. The Labute approximate surface area is 152 Å². The Morgan fingerprint density at radius 3 is 2.85 bits per heavy atom. The van der Waals surface area contributed by atoms with E-state index in [2.05, 4.69) is 4.98 Å². The minimum Gasteiger partial charge on any atom is -0.463 e. The molecule has 0 amide bonds. The van der Waals surface area contributed by atoms with Gasteiger partial charge in [-0.3, -0.25) is 4.98 Å². The molecule has 0 spiro atoms. The van der Waals surface area contributed by atoms with Crippen LogP contribution in [0.2, 0.25) is 0 Å². The van der Waals surface area contributed by atoms with Crippen LogP contribution in [0, 0.1) is 0 Å². The number of hydrogen-bond donors (Lipinski definition) is 0. The third-order valence-corrected chi connectivity index (χ3v) is 6.87. The third kappa shape index (κ3) is 3.50. The van der Waals surface area contributed by atoms with Crippen molar-refractivity contribution in [3.8, 4) is 0 Å². The molecule has 1 saturated heterocycles. The number of nitrogens with zero attached hydrogens (tertiary/aromatic N) is 1. The summed E-state index contributed by atoms with van der Waals surface area (Å²) >= 11 is 0. The first-order valence-electron chi connectivity index (χ1n) is 8.53. The van der Waals surface area contributed by atoms with E-state index in [1.807, 2.05) is 0 Å². The molecule has 6 nitrogen and oxygen atoms in total. The van der Waals surface area contributed by atoms with Gasteiger partial charge in [0.25, 0.3) is 0 Å². The third-order valence-electron chi connectivity index (χ3n) is 4.43. The maximum Gasteiger partial charge on any atom is 0.330 e. The van der Waals surface area contributed by atoms with E-state index in [4.69, 9.17) is 9.47 Å². The summed E-state index contributed by atoms with van der Waals surface area (Å²) in [6.45, 7) is 4.15. The van der Waals surface area contributed by atoms with E-state index < -0.39 is 21.1 Å². The monoisotopic (exact) mass is 375 g/mol. The molecule has 2 aromatic rings. The molecule has 0 aliphatic carbocycles. The van der Waals surface area contributed by atoms with E-state index >= 15 is 0 Å². The van der Waals surface area contributed by atoms with Gasteiger partial charge < -0.3 is 9.47 Å². The molecule has 2 heterocycles. The van der Waals surface area contributed by atoms with Crippen molar-refractivity contribution in [3.05, 3.63) is 42.1 Å². The Hall–Kier alpha value is -2.25. The van der Waals surface area contributed by atoms with Gasteiger partial charge in [-0.1, -0.05) is 18.2 Å². The first kappa shape index (κ1) is 18.5. The molecule has 0 bridgehead atoms. The molecule has 1 fully saturated rings. The van der Waals surface area contributed by atoms with Crippen LogP contribution in [0.3, 0.4) is 0 Å². The molecule has 26 heavy (non-hydrogen) atoms.